The summed E-state index contributed by atoms with van der Waals surface area (Å²) >= 11 is 0. The lowest BCUT2D eigenvalue weighted by Gasteiger charge is -2.07. The Morgan fingerprint density at radius 2 is 2.00 bits per heavy atom. The van der Waals surface area contributed by atoms with Crippen LogP contribution in [-0.4, -0.2) is 16.7 Å². The van der Waals surface area contributed by atoms with Gasteiger partial charge in [-0.2, -0.15) is 5.10 Å². The lowest BCUT2D eigenvalue weighted by Crippen LogP contribution is -2.12. The van der Waals surface area contributed by atoms with Crippen molar-refractivity contribution in [3.8, 4) is 5.75 Å². The van der Waals surface area contributed by atoms with Crippen molar-refractivity contribution in [1.82, 2.24) is 0 Å². The number of benzene rings is 2. The van der Waals surface area contributed by atoms with Gasteiger partial charge in [0.1, 0.15) is 11.6 Å². The van der Waals surface area contributed by atoms with Gasteiger partial charge in [-0.3, -0.25) is 10.2 Å². The zero-order chi connectivity index (χ0) is 16.3. The molecule has 5 nitrogen and oxygen atoms in total. The van der Waals surface area contributed by atoms with Gasteiger partial charge < -0.3 is 10.8 Å². The monoisotopic (exact) mass is 301 g/mol. The van der Waals surface area contributed by atoms with E-state index in [1.165, 1.54) is 18.2 Å². The maximum absolute atomic E-state index is 13.4. The number of rotatable bonds is 4. The molecule has 0 saturated heterocycles. The maximum atomic E-state index is 13.4. The van der Waals surface area contributed by atoms with Crippen LogP contribution in [0.4, 0.5) is 10.1 Å². The molecule has 0 bridgehead atoms. The summed E-state index contributed by atoms with van der Waals surface area (Å²) in [6, 6.07) is 9.14. The molecule has 0 fully saturated rings. The Morgan fingerprint density at radius 3 is 2.64 bits per heavy atom. The second-order valence-electron chi connectivity index (χ2n) is 4.87. The second kappa shape index (κ2) is 6.26. The van der Waals surface area contributed by atoms with E-state index >= 15 is 0 Å². The average Bonchev–Trinajstić information content (AvgIpc) is 2.48. The first-order valence-electron chi connectivity index (χ1n) is 6.58. The van der Waals surface area contributed by atoms with Gasteiger partial charge in [0, 0.05) is 0 Å². The molecule has 0 aliphatic rings. The zero-order valence-corrected chi connectivity index (χ0v) is 12.2. The van der Waals surface area contributed by atoms with Gasteiger partial charge in [0.2, 0.25) is 0 Å². The number of nitrogens with zero attached hydrogens (tertiary/aromatic N) is 1. The molecule has 0 aliphatic heterocycles. The number of aryl methyl sites for hydroxylation is 1. The number of primary amides is 1. The normalized spacial score (nSPS) is 11.3. The molecular formula is C16H16FN3O2. The molecule has 0 aliphatic carbocycles. The second-order valence-corrected chi connectivity index (χ2v) is 4.87. The molecule has 0 saturated carbocycles. The number of halogens is 1. The van der Waals surface area contributed by atoms with E-state index in [9.17, 15) is 14.3 Å². The number of phenols is 1. The summed E-state index contributed by atoms with van der Waals surface area (Å²) in [6.45, 7) is 3.39. The topological polar surface area (TPSA) is 87.7 Å². The number of amides is 1. The van der Waals surface area contributed by atoms with Gasteiger partial charge in [-0.1, -0.05) is 6.07 Å². The van der Waals surface area contributed by atoms with Crippen molar-refractivity contribution < 1.29 is 14.3 Å². The summed E-state index contributed by atoms with van der Waals surface area (Å²) in [6.07, 6.45) is 0. The van der Waals surface area contributed by atoms with Crippen LogP contribution in [0.5, 0.6) is 5.75 Å². The van der Waals surface area contributed by atoms with Gasteiger partial charge in [0.25, 0.3) is 5.91 Å². The van der Waals surface area contributed by atoms with Crippen molar-refractivity contribution in [2.75, 3.05) is 5.43 Å². The zero-order valence-electron chi connectivity index (χ0n) is 12.2. The Balaban J connectivity index is 2.23. The molecule has 2 aromatic rings. The molecule has 4 N–H and O–H groups in total. The molecule has 0 spiro atoms. The van der Waals surface area contributed by atoms with Gasteiger partial charge in [-0.25, -0.2) is 4.39 Å². The third-order valence-electron chi connectivity index (χ3n) is 3.20. The minimum atomic E-state index is -0.722. The third kappa shape index (κ3) is 3.41. The van der Waals surface area contributed by atoms with Crippen LogP contribution in [0.3, 0.4) is 0 Å². The number of aromatic hydroxyl groups is 1. The van der Waals surface area contributed by atoms with Crippen LogP contribution in [0, 0.1) is 12.7 Å². The first-order valence-corrected chi connectivity index (χ1v) is 6.58. The Morgan fingerprint density at radius 1 is 1.27 bits per heavy atom. The predicted octanol–water partition coefficient (Wildman–Crippen LogP) is 2.77. The summed E-state index contributed by atoms with van der Waals surface area (Å²) in [7, 11) is 0. The Hall–Kier alpha value is -2.89. The fraction of sp³-hybridized carbons (Fsp3) is 0.125. The molecule has 0 heterocycles. The smallest absolute Gasteiger partial charge is 0.252 e. The summed E-state index contributed by atoms with van der Waals surface area (Å²) < 4.78 is 13.4. The number of nitrogens with two attached hydrogens (primary N) is 1. The molecule has 22 heavy (non-hydrogen) atoms. The van der Waals surface area contributed by atoms with Crippen LogP contribution < -0.4 is 11.2 Å². The van der Waals surface area contributed by atoms with Crippen LogP contribution in [0.2, 0.25) is 0 Å². The minimum absolute atomic E-state index is 0.0217. The largest absolute Gasteiger partial charge is 0.507 e. The van der Waals surface area contributed by atoms with E-state index in [-0.39, 0.29) is 17.1 Å². The van der Waals surface area contributed by atoms with E-state index in [1.54, 1.807) is 32.0 Å². The molecular weight excluding hydrogens is 285 g/mol. The summed E-state index contributed by atoms with van der Waals surface area (Å²) in [5.74, 6) is -1.23. The summed E-state index contributed by atoms with van der Waals surface area (Å²) in [4.78, 5) is 11.2. The Kier molecular flexibility index (Phi) is 4.41. The van der Waals surface area contributed by atoms with E-state index in [0.717, 1.165) is 0 Å². The number of hydrogen-bond donors (Lipinski definition) is 3. The number of anilines is 1. The first-order chi connectivity index (χ1) is 10.4. The van der Waals surface area contributed by atoms with Crippen molar-refractivity contribution in [3.63, 3.8) is 0 Å². The standard InChI is InChI=1S/C16H16FN3O2/c1-9-3-5-12(8-14(9)17)20-19-10(2)11-4-6-15(21)13(7-11)16(18)22/h3-8,20-21H,1-2H3,(H2,18,22). The molecule has 0 unspecified atom stereocenters. The number of hydrazone groups is 1. The van der Waals surface area contributed by atoms with Gasteiger partial charge >= 0.3 is 0 Å². The van der Waals surface area contributed by atoms with Crippen molar-refractivity contribution in [2.45, 2.75) is 13.8 Å². The van der Waals surface area contributed by atoms with Crippen molar-refractivity contribution in [3.05, 3.63) is 58.9 Å². The highest BCUT2D eigenvalue weighted by Gasteiger charge is 2.09. The van der Waals surface area contributed by atoms with E-state index < -0.39 is 5.91 Å². The van der Waals surface area contributed by atoms with Crippen molar-refractivity contribution in [2.24, 2.45) is 10.8 Å². The minimum Gasteiger partial charge on any atom is -0.507 e. The number of nitrogens with one attached hydrogen (secondary N) is 1. The SMILES string of the molecule is CC(=NNc1ccc(C)c(F)c1)c1ccc(O)c(C(N)=O)c1. The van der Waals surface area contributed by atoms with E-state index in [2.05, 4.69) is 10.5 Å². The fourth-order valence-electron chi connectivity index (χ4n) is 1.83. The molecule has 1 amide bonds. The maximum Gasteiger partial charge on any atom is 0.252 e. The number of carbonyl (C=O) groups is 1. The van der Waals surface area contributed by atoms with Crippen molar-refractivity contribution >= 4 is 17.3 Å². The third-order valence-corrected chi connectivity index (χ3v) is 3.20. The summed E-state index contributed by atoms with van der Waals surface area (Å²) in [5, 5.41) is 13.7. The summed E-state index contributed by atoms with van der Waals surface area (Å²) in [5.41, 5.74) is 10.2. The molecule has 0 radical (unpaired) electrons. The average molecular weight is 301 g/mol. The molecule has 2 rings (SSSR count). The van der Waals surface area contributed by atoms with Crippen LogP contribution in [0.25, 0.3) is 0 Å². The Labute approximate surface area is 127 Å². The number of hydrogen-bond acceptors (Lipinski definition) is 4. The number of carbonyl (C=O) groups excluding carboxylic acids is 1. The molecule has 114 valence electrons. The molecule has 0 atom stereocenters. The van der Waals surface area contributed by atoms with Gasteiger partial charge in [-0.15, -0.1) is 0 Å². The first kappa shape index (κ1) is 15.5. The van der Waals surface area contributed by atoms with Crippen LogP contribution in [0.15, 0.2) is 41.5 Å². The van der Waals surface area contributed by atoms with E-state index in [0.29, 0.717) is 22.5 Å². The lowest BCUT2D eigenvalue weighted by atomic mass is 10.1. The fourth-order valence-corrected chi connectivity index (χ4v) is 1.83. The molecule has 2 aromatic carbocycles. The Bertz CT molecular complexity index is 757. The van der Waals surface area contributed by atoms with E-state index in [1.807, 2.05) is 0 Å². The van der Waals surface area contributed by atoms with Crippen LogP contribution in [0.1, 0.15) is 28.4 Å². The quantitative estimate of drug-likeness (QED) is 0.599. The van der Waals surface area contributed by atoms with E-state index in [4.69, 9.17) is 5.73 Å². The molecule has 6 heteroatoms. The predicted molar refractivity (Wildman–Crippen MR) is 83.6 cm³/mol. The van der Waals surface area contributed by atoms with Gasteiger partial charge in [0.15, 0.2) is 0 Å². The van der Waals surface area contributed by atoms with Gasteiger partial charge in [-0.05, 0) is 55.3 Å². The van der Waals surface area contributed by atoms with Crippen LogP contribution >= 0.6 is 0 Å². The molecule has 0 aromatic heterocycles. The lowest BCUT2D eigenvalue weighted by molar-refractivity contribution is 0.0997. The van der Waals surface area contributed by atoms with Crippen LogP contribution in [-0.2, 0) is 0 Å². The highest BCUT2D eigenvalue weighted by molar-refractivity contribution is 6.03. The van der Waals surface area contributed by atoms with Crippen molar-refractivity contribution in [1.29, 1.82) is 0 Å². The van der Waals surface area contributed by atoms with Gasteiger partial charge in [0.05, 0.1) is 17.0 Å². The highest BCUT2D eigenvalue weighted by atomic mass is 19.1. The highest BCUT2D eigenvalue weighted by Crippen LogP contribution is 2.19.